The molecule has 0 aliphatic rings. The van der Waals surface area contributed by atoms with E-state index in [0.29, 0.717) is 0 Å². The molecular weight excluding hydrogens is 111 g/mol. The summed E-state index contributed by atoms with van der Waals surface area (Å²) in [6.45, 7) is 0. The Kier molecular flexibility index (Phi) is 398. The van der Waals surface area contributed by atoms with E-state index in [0.717, 1.165) is 0 Å². The van der Waals surface area contributed by atoms with Gasteiger partial charge in [0.25, 0.3) is 0 Å². The van der Waals surface area contributed by atoms with Crippen molar-refractivity contribution in [3.8, 4) is 0 Å². The molecule has 0 amide bonds. The van der Waals surface area contributed by atoms with Gasteiger partial charge in [-0.05, 0) is 0 Å². The van der Waals surface area contributed by atoms with Crippen molar-refractivity contribution in [2.24, 2.45) is 0 Å². The topological polar surface area (TPSA) is 31.5 Å². The molecule has 0 aliphatic carbocycles. The standard InChI is InChI=1S/2ClH.Mg.H2O.2H/h2*1H;;1H2;;. The smallest absolute Gasteiger partial charge is 0.316 e. The van der Waals surface area contributed by atoms with Crippen LogP contribution in [0.3, 0.4) is 0 Å². The third-order valence-corrected chi connectivity index (χ3v) is 0. The molecule has 0 spiro atoms. The summed E-state index contributed by atoms with van der Waals surface area (Å²) in [6.07, 6.45) is 0. The first-order valence-electron chi connectivity index (χ1n) is 0. The zero-order valence-corrected chi connectivity index (χ0v) is 2.95. The molecule has 28 valence electrons. The van der Waals surface area contributed by atoms with Gasteiger partial charge in [0.15, 0.2) is 0 Å². The minimum Gasteiger partial charge on any atom is -0.412 e. The zero-order chi connectivity index (χ0) is 0. The average molecular weight is 117 g/mol. The summed E-state index contributed by atoms with van der Waals surface area (Å²) < 4.78 is 0. The van der Waals surface area contributed by atoms with Gasteiger partial charge in [-0.15, -0.1) is 24.8 Å². The highest BCUT2D eigenvalue weighted by Gasteiger charge is 0.316. The molecule has 0 unspecified atom stereocenters. The summed E-state index contributed by atoms with van der Waals surface area (Å²) in [5.41, 5.74) is 0. The lowest BCUT2D eigenvalue weighted by molar-refractivity contribution is 0.824. The maximum absolute atomic E-state index is 0. The van der Waals surface area contributed by atoms with Gasteiger partial charge in [-0.3, -0.25) is 0 Å². The molecule has 0 aliphatic heterocycles. The minimum atomic E-state index is 0. The normalized spacial score (nSPS) is 0. The second-order valence-electron chi connectivity index (χ2n) is 0. The van der Waals surface area contributed by atoms with Crippen molar-refractivity contribution in [1.29, 1.82) is 0 Å². The van der Waals surface area contributed by atoms with Crippen LogP contribution in [0.1, 0.15) is 0 Å². The van der Waals surface area contributed by atoms with Gasteiger partial charge in [0.1, 0.15) is 0 Å². The van der Waals surface area contributed by atoms with E-state index in [9.17, 15) is 0 Å². The monoisotopic (exact) mass is 116 g/mol. The number of hydrogen-bond donors (Lipinski definition) is 0. The van der Waals surface area contributed by atoms with Crippen LogP contribution in [0.2, 0.25) is 0 Å². The van der Waals surface area contributed by atoms with Gasteiger partial charge in [-0.2, -0.15) is 0 Å². The van der Waals surface area contributed by atoms with E-state index in [4.69, 9.17) is 0 Å². The van der Waals surface area contributed by atoms with Crippen LogP contribution in [0.15, 0.2) is 0 Å². The Balaban J connectivity index is 0. The largest absolute Gasteiger partial charge is 0.412 e. The molecular formula is H6Cl2MgO. The van der Waals surface area contributed by atoms with Crippen LogP contribution < -0.4 is 0 Å². The lowest BCUT2D eigenvalue weighted by Gasteiger charge is -0.412. The molecule has 0 aromatic heterocycles. The van der Waals surface area contributed by atoms with Crippen molar-refractivity contribution in [3.63, 3.8) is 0 Å². The van der Waals surface area contributed by atoms with Crippen LogP contribution in [-0.2, 0) is 0 Å². The van der Waals surface area contributed by atoms with Gasteiger partial charge in [0, 0.05) is 0 Å². The van der Waals surface area contributed by atoms with E-state index in [1.54, 1.807) is 0 Å². The molecule has 0 aromatic carbocycles. The summed E-state index contributed by atoms with van der Waals surface area (Å²) in [4.78, 5) is 0. The van der Waals surface area contributed by atoms with E-state index < -0.39 is 0 Å². The molecule has 2 N–H and O–H groups in total. The highest BCUT2D eigenvalue weighted by atomic mass is 35.5. The van der Waals surface area contributed by atoms with E-state index in [2.05, 4.69) is 0 Å². The molecule has 0 saturated heterocycles. The van der Waals surface area contributed by atoms with E-state index in [1.165, 1.54) is 0 Å². The summed E-state index contributed by atoms with van der Waals surface area (Å²) in [5.74, 6) is 0. The Morgan fingerprint density at radius 2 is 0.750 bits per heavy atom. The van der Waals surface area contributed by atoms with Gasteiger partial charge in [-0.25, -0.2) is 0 Å². The number of halogens is 2. The van der Waals surface area contributed by atoms with Gasteiger partial charge < -0.3 is 5.48 Å². The molecule has 0 aromatic rings. The zero-order valence-electron chi connectivity index (χ0n) is 1.32. The Bertz CT molecular complexity index is 6.00. The summed E-state index contributed by atoms with van der Waals surface area (Å²) in [6, 6.07) is 0. The molecule has 0 heterocycles. The van der Waals surface area contributed by atoms with Gasteiger partial charge in [0.05, 0.1) is 0 Å². The molecule has 0 radical (unpaired) electrons. The van der Waals surface area contributed by atoms with Crippen molar-refractivity contribution in [2.45, 2.75) is 0 Å². The van der Waals surface area contributed by atoms with Crippen molar-refractivity contribution >= 4 is 47.9 Å². The van der Waals surface area contributed by atoms with Crippen molar-refractivity contribution < 1.29 is 5.48 Å². The van der Waals surface area contributed by atoms with E-state index in [-0.39, 0.29) is 53.3 Å². The lowest BCUT2D eigenvalue weighted by Crippen LogP contribution is -0.381. The van der Waals surface area contributed by atoms with Crippen LogP contribution in [0.5, 0.6) is 0 Å². The average Bonchev–Trinajstić information content (AvgIpc) is 0. The molecule has 0 fully saturated rings. The Morgan fingerprint density at radius 1 is 0.750 bits per heavy atom. The van der Waals surface area contributed by atoms with Crippen LogP contribution in [0, 0.1) is 0 Å². The van der Waals surface area contributed by atoms with Crippen molar-refractivity contribution in [1.82, 2.24) is 0 Å². The summed E-state index contributed by atoms with van der Waals surface area (Å²) >= 11 is 0. The molecule has 0 bridgehead atoms. The van der Waals surface area contributed by atoms with Crippen molar-refractivity contribution in [2.75, 3.05) is 0 Å². The van der Waals surface area contributed by atoms with E-state index >= 15 is 0 Å². The molecule has 0 atom stereocenters. The van der Waals surface area contributed by atoms with Crippen LogP contribution in [-0.4, -0.2) is 28.5 Å². The minimum absolute atomic E-state index is 0. The Labute approximate surface area is 53.4 Å². The first-order valence-corrected chi connectivity index (χ1v) is 0. The molecule has 4 heteroatoms. The third kappa shape index (κ3) is 10.3. The Hall–Kier alpha value is 1.31. The number of rotatable bonds is 0. The lowest BCUT2D eigenvalue weighted by atomic mass is 16.0. The van der Waals surface area contributed by atoms with Crippen LogP contribution in [0.25, 0.3) is 0 Å². The molecule has 0 rings (SSSR count). The van der Waals surface area contributed by atoms with Crippen LogP contribution >= 0.6 is 24.8 Å². The first kappa shape index (κ1) is 57.7. The fraction of sp³-hybridized carbons (Fsp3) is 0. The highest BCUT2D eigenvalue weighted by Crippen LogP contribution is 0.691. The predicted molar refractivity (Wildman–Crippen MR) is 26.7 cm³/mol. The fourth-order valence-electron chi connectivity index (χ4n) is 0. The predicted octanol–water partition coefficient (Wildman–Crippen LogP) is -0.897. The first-order chi connectivity index (χ1) is 0. The van der Waals surface area contributed by atoms with Gasteiger partial charge in [0.2, 0.25) is 0 Å². The SMILES string of the molecule is Cl.Cl.O.[MgH2]. The maximum atomic E-state index is 0. The maximum Gasteiger partial charge on any atom is 0.316 e. The highest BCUT2D eigenvalue weighted by molar-refractivity contribution is 5.85. The fourth-order valence-corrected chi connectivity index (χ4v) is 0. The Morgan fingerprint density at radius 3 is 0.750 bits per heavy atom. The van der Waals surface area contributed by atoms with E-state index in [1.807, 2.05) is 0 Å². The third-order valence-electron chi connectivity index (χ3n) is 0. The summed E-state index contributed by atoms with van der Waals surface area (Å²) in [5, 5.41) is 0. The van der Waals surface area contributed by atoms with Crippen LogP contribution in [0.4, 0.5) is 0 Å². The second kappa shape index (κ2) is 27.6. The van der Waals surface area contributed by atoms with Gasteiger partial charge in [-0.1, -0.05) is 0 Å². The summed E-state index contributed by atoms with van der Waals surface area (Å²) in [7, 11) is 0. The van der Waals surface area contributed by atoms with Gasteiger partial charge >= 0.3 is 23.1 Å². The quantitative estimate of drug-likeness (QED) is 0.368. The number of hydrogen-bond acceptors (Lipinski definition) is 0. The molecule has 4 heavy (non-hydrogen) atoms. The van der Waals surface area contributed by atoms with Crippen molar-refractivity contribution in [3.05, 3.63) is 0 Å². The second-order valence-corrected chi connectivity index (χ2v) is 0. The molecule has 0 saturated carbocycles. The molecule has 1 nitrogen and oxygen atoms in total.